The second-order valence-electron chi connectivity index (χ2n) is 4.93. The molecule has 20 heavy (non-hydrogen) atoms. The van der Waals surface area contributed by atoms with E-state index in [1.165, 1.54) is 0 Å². The summed E-state index contributed by atoms with van der Waals surface area (Å²) in [7, 11) is 0. The SMILES string of the molecule is CCOC(=O)N1CC[C@H](N)[C@H](OCc2ccccc2)C1. The number of benzene rings is 1. The number of ether oxygens (including phenoxy) is 2. The summed E-state index contributed by atoms with van der Waals surface area (Å²) in [5, 5.41) is 0. The highest BCUT2D eigenvalue weighted by Crippen LogP contribution is 2.15. The number of hydrogen-bond acceptors (Lipinski definition) is 4. The number of amides is 1. The molecule has 1 aliphatic rings. The van der Waals surface area contributed by atoms with Crippen LogP contribution in [-0.4, -0.2) is 42.8 Å². The molecule has 1 aromatic carbocycles. The first-order chi connectivity index (χ1) is 9.70. The molecule has 1 heterocycles. The largest absolute Gasteiger partial charge is 0.450 e. The molecule has 2 N–H and O–H groups in total. The summed E-state index contributed by atoms with van der Waals surface area (Å²) >= 11 is 0. The maximum atomic E-state index is 11.7. The Labute approximate surface area is 119 Å². The molecule has 2 atom stereocenters. The van der Waals surface area contributed by atoms with E-state index in [9.17, 15) is 4.79 Å². The second kappa shape index (κ2) is 7.26. The Morgan fingerprint density at radius 2 is 2.15 bits per heavy atom. The molecule has 1 saturated heterocycles. The predicted octanol–water partition coefficient (Wildman–Crippen LogP) is 1.76. The van der Waals surface area contributed by atoms with E-state index in [-0.39, 0.29) is 18.2 Å². The minimum atomic E-state index is -0.285. The number of hydrogen-bond donors (Lipinski definition) is 1. The van der Waals surface area contributed by atoms with Crippen molar-refractivity contribution in [3.05, 3.63) is 35.9 Å². The first-order valence-electron chi connectivity index (χ1n) is 7.03. The molecule has 2 rings (SSSR count). The number of rotatable bonds is 4. The van der Waals surface area contributed by atoms with E-state index in [2.05, 4.69) is 0 Å². The van der Waals surface area contributed by atoms with Gasteiger partial charge < -0.3 is 20.1 Å². The first-order valence-corrected chi connectivity index (χ1v) is 7.03. The number of carbonyl (C=O) groups is 1. The van der Waals surface area contributed by atoms with Crippen molar-refractivity contribution in [3.8, 4) is 0 Å². The van der Waals surface area contributed by atoms with Gasteiger partial charge in [0.1, 0.15) is 0 Å². The van der Waals surface area contributed by atoms with Crippen molar-refractivity contribution in [2.45, 2.75) is 32.1 Å². The standard InChI is InChI=1S/C15H22N2O3/c1-2-19-15(18)17-9-8-13(16)14(10-17)20-11-12-6-4-3-5-7-12/h3-7,13-14H,2,8-11,16H2,1H3/t13-,14+/m0/s1. The summed E-state index contributed by atoms with van der Waals surface area (Å²) in [6.07, 6.45) is 0.305. The third kappa shape index (κ3) is 3.95. The van der Waals surface area contributed by atoms with Crippen LogP contribution < -0.4 is 5.73 Å². The molecular formula is C15H22N2O3. The van der Waals surface area contributed by atoms with Crippen LogP contribution in [0.4, 0.5) is 4.79 Å². The van der Waals surface area contributed by atoms with Gasteiger partial charge in [0.2, 0.25) is 0 Å². The quantitative estimate of drug-likeness (QED) is 0.911. The van der Waals surface area contributed by atoms with Crippen LogP contribution in [0.3, 0.4) is 0 Å². The molecule has 0 spiro atoms. The van der Waals surface area contributed by atoms with Crippen molar-refractivity contribution < 1.29 is 14.3 Å². The van der Waals surface area contributed by atoms with E-state index in [1.807, 2.05) is 30.3 Å². The maximum Gasteiger partial charge on any atom is 0.409 e. The molecule has 0 bridgehead atoms. The van der Waals surface area contributed by atoms with Crippen LogP contribution in [0, 0.1) is 0 Å². The second-order valence-corrected chi connectivity index (χ2v) is 4.93. The van der Waals surface area contributed by atoms with E-state index < -0.39 is 0 Å². The van der Waals surface area contributed by atoms with Gasteiger partial charge in [-0.25, -0.2) is 4.79 Å². The van der Waals surface area contributed by atoms with Gasteiger partial charge in [0.15, 0.2) is 0 Å². The fraction of sp³-hybridized carbons (Fsp3) is 0.533. The molecule has 0 radical (unpaired) electrons. The molecule has 0 saturated carbocycles. The van der Waals surface area contributed by atoms with Crippen molar-refractivity contribution in [3.63, 3.8) is 0 Å². The van der Waals surface area contributed by atoms with Crippen LogP contribution in [0.25, 0.3) is 0 Å². The molecule has 0 aromatic heterocycles. The molecule has 1 fully saturated rings. The highest BCUT2D eigenvalue weighted by Gasteiger charge is 2.30. The van der Waals surface area contributed by atoms with Crippen molar-refractivity contribution >= 4 is 6.09 Å². The van der Waals surface area contributed by atoms with Crippen LogP contribution in [-0.2, 0) is 16.1 Å². The maximum absolute atomic E-state index is 11.7. The number of nitrogens with zero attached hydrogens (tertiary/aromatic N) is 1. The minimum absolute atomic E-state index is 0.0376. The van der Waals surface area contributed by atoms with Gasteiger partial charge in [-0.2, -0.15) is 0 Å². The summed E-state index contributed by atoms with van der Waals surface area (Å²) in [4.78, 5) is 13.4. The summed E-state index contributed by atoms with van der Waals surface area (Å²) in [5.74, 6) is 0. The van der Waals surface area contributed by atoms with Crippen LogP contribution in [0.5, 0.6) is 0 Å². The third-order valence-corrected chi connectivity index (χ3v) is 3.44. The van der Waals surface area contributed by atoms with Crippen molar-refractivity contribution in [2.75, 3.05) is 19.7 Å². The fourth-order valence-corrected chi connectivity index (χ4v) is 2.27. The van der Waals surface area contributed by atoms with Crippen LogP contribution in [0.1, 0.15) is 18.9 Å². The lowest BCUT2D eigenvalue weighted by molar-refractivity contribution is -0.0213. The normalized spacial score (nSPS) is 22.6. The Morgan fingerprint density at radius 3 is 2.85 bits per heavy atom. The Hall–Kier alpha value is -1.59. The molecule has 1 aliphatic heterocycles. The van der Waals surface area contributed by atoms with E-state index in [0.29, 0.717) is 26.3 Å². The summed E-state index contributed by atoms with van der Waals surface area (Å²) in [5.41, 5.74) is 7.18. The van der Waals surface area contributed by atoms with Crippen LogP contribution >= 0.6 is 0 Å². The average Bonchev–Trinajstić information content (AvgIpc) is 2.47. The van der Waals surface area contributed by atoms with Crippen molar-refractivity contribution in [1.29, 1.82) is 0 Å². The van der Waals surface area contributed by atoms with Gasteiger partial charge in [0.25, 0.3) is 0 Å². The van der Waals surface area contributed by atoms with E-state index >= 15 is 0 Å². The zero-order chi connectivity index (χ0) is 14.4. The highest BCUT2D eigenvalue weighted by atomic mass is 16.6. The van der Waals surface area contributed by atoms with Gasteiger partial charge in [-0.05, 0) is 18.9 Å². The zero-order valence-electron chi connectivity index (χ0n) is 11.8. The molecule has 110 valence electrons. The van der Waals surface area contributed by atoms with Crippen LogP contribution in [0.15, 0.2) is 30.3 Å². The van der Waals surface area contributed by atoms with Crippen molar-refractivity contribution in [2.24, 2.45) is 5.73 Å². The van der Waals surface area contributed by atoms with Gasteiger partial charge in [0.05, 0.1) is 25.9 Å². The Morgan fingerprint density at radius 1 is 1.40 bits per heavy atom. The van der Waals surface area contributed by atoms with E-state index in [4.69, 9.17) is 15.2 Å². The number of nitrogens with two attached hydrogens (primary N) is 1. The lowest BCUT2D eigenvalue weighted by Gasteiger charge is -2.36. The zero-order valence-corrected chi connectivity index (χ0v) is 11.8. The van der Waals surface area contributed by atoms with Gasteiger partial charge >= 0.3 is 6.09 Å². The summed E-state index contributed by atoms with van der Waals surface area (Å²) in [6, 6.07) is 9.91. The Bertz CT molecular complexity index is 424. The Kier molecular flexibility index (Phi) is 5.38. The highest BCUT2D eigenvalue weighted by molar-refractivity contribution is 5.67. The molecule has 1 amide bonds. The molecule has 0 aliphatic carbocycles. The molecule has 0 unspecified atom stereocenters. The molecular weight excluding hydrogens is 256 g/mol. The number of piperidine rings is 1. The van der Waals surface area contributed by atoms with Gasteiger partial charge in [-0.15, -0.1) is 0 Å². The molecule has 1 aromatic rings. The van der Waals surface area contributed by atoms with Crippen molar-refractivity contribution in [1.82, 2.24) is 4.90 Å². The fourth-order valence-electron chi connectivity index (χ4n) is 2.27. The minimum Gasteiger partial charge on any atom is -0.450 e. The van der Waals surface area contributed by atoms with E-state index in [0.717, 1.165) is 12.0 Å². The third-order valence-electron chi connectivity index (χ3n) is 3.44. The average molecular weight is 278 g/mol. The first kappa shape index (κ1) is 14.8. The predicted molar refractivity (Wildman–Crippen MR) is 76.2 cm³/mol. The van der Waals surface area contributed by atoms with Gasteiger partial charge in [-0.1, -0.05) is 30.3 Å². The summed E-state index contributed by atoms with van der Waals surface area (Å²) in [6.45, 7) is 3.82. The topological polar surface area (TPSA) is 64.8 Å². The lowest BCUT2D eigenvalue weighted by Crippen LogP contribution is -2.53. The van der Waals surface area contributed by atoms with Gasteiger partial charge in [-0.3, -0.25) is 0 Å². The van der Waals surface area contributed by atoms with Gasteiger partial charge in [0, 0.05) is 12.6 Å². The number of carbonyl (C=O) groups excluding carboxylic acids is 1. The molecule has 5 nitrogen and oxygen atoms in total. The monoisotopic (exact) mass is 278 g/mol. The Balaban J connectivity index is 1.87. The smallest absolute Gasteiger partial charge is 0.409 e. The summed E-state index contributed by atoms with van der Waals surface area (Å²) < 4.78 is 10.9. The lowest BCUT2D eigenvalue weighted by atomic mass is 10.0. The van der Waals surface area contributed by atoms with Crippen LogP contribution in [0.2, 0.25) is 0 Å². The number of likely N-dealkylation sites (tertiary alicyclic amines) is 1. The van der Waals surface area contributed by atoms with E-state index in [1.54, 1.807) is 11.8 Å². The molecule has 5 heteroatoms.